The van der Waals surface area contributed by atoms with Gasteiger partial charge in [0.2, 0.25) is 0 Å². The number of halogens is 3. The molecule has 1 aromatic heterocycles. The van der Waals surface area contributed by atoms with Gasteiger partial charge in [-0.3, -0.25) is 0 Å². The van der Waals surface area contributed by atoms with Crippen molar-refractivity contribution in [1.82, 2.24) is 9.78 Å². The zero-order valence-electron chi connectivity index (χ0n) is 7.12. The fourth-order valence-electron chi connectivity index (χ4n) is 0.968. The van der Waals surface area contributed by atoms with E-state index in [2.05, 4.69) is 5.10 Å². The van der Waals surface area contributed by atoms with Crippen LogP contribution in [0, 0.1) is 3.57 Å². The van der Waals surface area contributed by atoms with Crippen molar-refractivity contribution in [2.24, 2.45) is 0 Å². The molecule has 4 nitrogen and oxygen atoms in total. The summed E-state index contributed by atoms with van der Waals surface area (Å²) in [6.07, 6.45) is -1.49. The third kappa shape index (κ3) is 2.02. The smallest absolute Gasteiger partial charge is 0.328 e. The molecule has 0 radical (unpaired) electrons. The largest absolute Gasteiger partial charge is 0.480 e. The topological polar surface area (TPSA) is 55.1 Å². The maximum atomic E-state index is 12.5. The van der Waals surface area contributed by atoms with Gasteiger partial charge in [-0.2, -0.15) is 5.10 Å². The zero-order valence-corrected chi connectivity index (χ0v) is 9.27. The van der Waals surface area contributed by atoms with E-state index in [1.54, 1.807) is 22.6 Å². The predicted molar refractivity (Wildman–Crippen MR) is 52.2 cm³/mol. The third-order valence-electron chi connectivity index (χ3n) is 1.72. The lowest BCUT2D eigenvalue weighted by molar-refractivity contribution is -0.140. The quantitative estimate of drug-likeness (QED) is 0.869. The molecule has 0 amide bonds. The van der Waals surface area contributed by atoms with Crippen LogP contribution in [0.5, 0.6) is 0 Å². The van der Waals surface area contributed by atoms with Crippen molar-refractivity contribution in [1.29, 1.82) is 0 Å². The summed E-state index contributed by atoms with van der Waals surface area (Å²) >= 11 is 1.70. The first kappa shape index (κ1) is 11.3. The fraction of sp³-hybridized carbons (Fsp3) is 0.429. The molecule has 14 heavy (non-hydrogen) atoms. The molecule has 0 saturated carbocycles. The lowest BCUT2D eigenvalue weighted by atomic mass is 10.3. The Kier molecular flexibility index (Phi) is 3.40. The van der Waals surface area contributed by atoms with Crippen molar-refractivity contribution >= 4 is 28.6 Å². The molecule has 0 unspecified atom stereocenters. The highest BCUT2D eigenvalue weighted by Gasteiger charge is 2.24. The van der Waals surface area contributed by atoms with Crippen molar-refractivity contribution in [2.45, 2.75) is 19.4 Å². The fourth-order valence-corrected chi connectivity index (χ4v) is 1.58. The average molecular weight is 316 g/mol. The van der Waals surface area contributed by atoms with Crippen molar-refractivity contribution in [3.63, 3.8) is 0 Å². The highest BCUT2D eigenvalue weighted by atomic mass is 127. The summed E-state index contributed by atoms with van der Waals surface area (Å²) in [7, 11) is 0. The van der Waals surface area contributed by atoms with E-state index < -0.39 is 18.4 Å². The van der Waals surface area contributed by atoms with Gasteiger partial charge >= 0.3 is 5.97 Å². The Labute approximate surface area is 92.0 Å². The summed E-state index contributed by atoms with van der Waals surface area (Å²) < 4.78 is 26.1. The van der Waals surface area contributed by atoms with Gasteiger partial charge in [0.1, 0.15) is 11.7 Å². The normalized spacial score (nSPS) is 13.2. The minimum atomic E-state index is -2.72. The second-order valence-corrected chi connectivity index (χ2v) is 3.80. The molecule has 0 aliphatic rings. The number of rotatable bonds is 3. The number of hydrogen-bond acceptors (Lipinski definition) is 2. The van der Waals surface area contributed by atoms with Crippen LogP contribution in [0.25, 0.3) is 0 Å². The number of carboxylic acid groups (broad SMARTS) is 1. The number of carbonyl (C=O) groups is 1. The van der Waals surface area contributed by atoms with Gasteiger partial charge in [0.25, 0.3) is 6.43 Å². The first-order chi connectivity index (χ1) is 6.45. The minimum absolute atomic E-state index is 0.269. The van der Waals surface area contributed by atoms with Crippen LogP contribution in [0.4, 0.5) is 8.78 Å². The number of nitrogens with zero attached hydrogens (tertiary/aromatic N) is 2. The summed E-state index contributed by atoms with van der Waals surface area (Å²) in [4.78, 5) is 10.6. The van der Waals surface area contributed by atoms with E-state index in [4.69, 9.17) is 5.11 Å². The van der Waals surface area contributed by atoms with E-state index >= 15 is 0 Å². The van der Waals surface area contributed by atoms with E-state index in [0.29, 0.717) is 0 Å². The molecule has 1 N–H and O–H groups in total. The first-order valence-corrected chi connectivity index (χ1v) is 4.77. The lowest BCUT2D eigenvalue weighted by Gasteiger charge is -2.10. The van der Waals surface area contributed by atoms with Crippen molar-refractivity contribution in [2.75, 3.05) is 0 Å². The molecule has 0 spiro atoms. The highest BCUT2D eigenvalue weighted by Crippen LogP contribution is 2.26. The highest BCUT2D eigenvalue weighted by molar-refractivity contribution is 14.1. The maximum Gasteiger partial charge on any atom is 0.328 e. The van der Waals surface area contributed by atoms with Crippen LogP contribution in [0.15, 0.2) is 6.20 Å². The third-order valence-corrected chi connectivity index (χ3v) is 2.55. The Bertz CT molecular complexity index is 353. The average Bonchev–Trinajstić information content (AvgIpc) is 2.45. The van der Waals surface area contributed by atoms with Crippen LogP contribution in [0.1, 0.15) is 25.1 Å². The van der Waals surface area contributed by atoms with Crippen LogP contribution in [0.3, 0.4) is 0 Å². The number of aromatic nitrogens is 2. The number of aliphatic carboxylic acids is 1. The number of hydrogen-bond donors (Lipinski definition) is 1. The maximum absolute atomic E-state index is 12.5. The van der Waals surface area contributed by atoms with Crippen LogP contribution in [-0.4, -0.2) is 20.9 Å². The van der Waals surface area contributed by atoms with Crippen molar-refractivity contribution < 1.29 is 18.7 Å². The summed E-state index contributed by atoms with van der Waals surface area (Å²) in [5, 5.41) is 12.2. The van der Waals surface area contributed by atoms with Gasteiger partial charge in [-0.1, -0.05) is 0 Å². The van der Waals surface area contributed by atoms with Crippen LogP contribution in [0.2, 0.25) is 0 Å². The lowest BCUT2D eigenvalue weighted by Crippen LogP contribution is -2.19. The Hall–Kier alpha value is -0.730. The van der Waals surface area contributed by atoms with Gasteiger partial charge in [-0.05, 0) is 29.5 Å². The van der Waals surface area contributed by atoms with E-state index in [0.717, 1.165) is 4.68 Å². The summed E-state index contributed by atoms with van der Waals surface area (Å²) in [6.45, 7) is 1.30. The summed E-state index contributed by atoms with van der Waals surface area (Å²) in [6, 6.07) is -1.08. The van der Waals surface area contributed by atoms with Gasteiger partial charge in [-0.15, -0.1) is 0 Å². The molecule has 1 heterocycles. The number of carboxylic acids is 1. The van der Waals surface area contributed by atoms with Crippen molar-refractivity contribution in [3.05, 3.63) is 15.5 Å². The number of alkyl halides is 2. The summed E-state index contributed by atoms with van der Waals surface area (Å²) in [5.74, 6) is -1.19. The SMILES string of the molecule is C[C@H](C(=O)O)n1ncc(I)c1C(F)F. The second kappa shape index (κ2) is 4.20. The zero-order chi connectivity index (χ0) is 10.9. The molecular formula is C7H7F2IN2O2. The standard InChI is InChI=1S/C7H7F2IN2O2/c1-3(7(13)14)12-5(6(8)9)4(10)2-11-12/h2-3,6H,1H3,(H,13,14)/t3-/m1/s1. The van der Waals surface area contributed by atoms with Gasteiger partial charge < -0.3 is 5.11 Å². The van der Waals surface area contributed by atoms with Crippen LogP contribution < -0.4 is 0 Å². The molecule has 1 atom stereocenters. The Morgan fingerprint density at radius 3 is 2.71 bits per heavy atom. The molecule has 0 aromatic carbocycles. The van der Waals surface area contributed by atoms with Gasteiger partial charge in [0, 0.05) is 0 Å². The van der Waals surface area contributed by atoms with Gasteiger partial charge in [-0.25, -0.2) is 18.3 Å². The van der Waals surface area contributed by atoms with Crippen LogP contribution >= 0.6 is 22.6 Å². The Morgan fingerprint density at radius 2 is 2.29 bits per heavy atom. The van der Waals surface area contributed by atoms with E-state index in [1.807, 2.05) is 0 Å². The molecule has 0 bridgehead atoms. The van der Waals surface area contributed by atoms with Crippen molar-refractivity contribution in [3.8, 4) is 0 Å². The van der Waals surface area contributed by atoms with Gasteiger partial charge in [0.05, 0.1) is 9.77 Å². The molecule has 1 rings (SSSR count). The van der Waals surface area contributed by atoms with Gasteiger partial charge in [0.15, 0.2) is 0 Å². The Balaban J connectivity index is 3.15. The Morgan fingerprint density at radius 1 is 1.71 bits per heavy atom. The molecule has 7 heteroatoms. The monoisotopic (exact) mass is 316 g/mol. The molecule has 78 valence electrons. The molecule has 0 aliphatic carbocycles. The van der Waals surface area contributed by atoms with E-state index in [9.17, 15) is 13.6 Å². The van der Waals surface area contributed by atoms with Crippen LogP contribution in [-0.2, 0) is 4.79 Å². The molecular weight excluding hydrogens is 309 g/mol. The molecule has 0 saturated heterocycles. The molecule has 0 aliphatic heterocycles. The molecule has 1 aromatic rings. The minimum Gasteiger partial charge on any atom is -0.480 e. The first-order valence-electron chi connectivity index (χ1n) is 3.69. The second-order valence-electron chi connectivity index (χ2n) is 2.64. The molecule has 0 fully saturated rings. The summed E-state index contributed by atoms with van der Waals surface area (Å²) in [5.41, 5.74) is -0.347. The van der Waals surface area contributed by atoms with E-state index in [1.165, 1.54) is 13.1 Å². The predicted octanol–water partition coefficient (Wildman–Crippen LogP) is 2.07. The van der Waals surface area contributed by atoms with E-state index in [-0.39, 0.29) is 9.26 Å².